The number of hydrogen-bond acceptors (Lipinski definition) is 6. The second-order valence-corrected chi connectivity index (χ2v) is 7.96. The number of carbonyl (C=O) groups excluding carboxylic acids is 1. The number of rotatable bonds is 8. The highest BCUT2D eigenvalue weighted by Gasteiger charge is 2.21. The van der Waals surface area contributed by atoms with Crippen LogP contribution in [0.3, 0.4) is 0 Å². The maximum Gasteiger partial charge on any atom is 0.267 e. The van der Waals surface area contributed by atoms with Crippen LogP contribution in [0.1, 0.15) is 18.1 Å². The van der Waals surface area contributed by atoms with Gasteiger partial charge in [-0.05, 0) is 61.4 Å². The van der Waals surface area contributed by atoms with Gasteiger partial charge in [0.2, 0.25) is 0 Å². The SMILES string of the molecule is CCOc1ccc(OCC(=O)N(Cc2cccnc2)c2nc3c(C)cccc3s2)cc1. The number of carbonyl (C=O) groups is 1. The van der Waals surface area contributed by atoms with Crippen molar-refractivity contribution >= 4 is 32.6 Å². The van der Waals surface area contributed by atoms with Gasteiger partial charge in [-0.2, -0.15) is 0 Å². The van der Waals surface area contributed by atoms with Gasteiger partial charge in [0.05, 0.1) is 23.4 Å². The number of nitrogens with zero attached hydrogens (tertiary/aromatic N) is 3. The molecular weight excluding hydrogens is 410 g/mol. The first-order valence-electron chi connectivity index (χ1n) is 10.0. The van der Waals surface area contributed by atoms with Gasteiger partial charge in [-0.1, -0.05) is 29.5 Å². The Bertz CT molecular complexity index is 1160. The molecule has 4 rings (SSSR count). The van der Waals surface area contributed by atoms with E-state index in [0.29, 0.717) is 24.0 Å². The van der Waals surface area contributed by atoms with Crippen molar-refractivity contribution in [3.8, 4) is 11.5 Å². The third-order valence-corrected chi connectivity index (χ3v) is 5.75. The number of anilines is 1. The highest BCUT2D eigenvalue weighted by molar-refractivity contribution is 7.22. The van der Waals surface area contributed by atoms with E-state index in [-0.39, 0.29) is 12.5 Å². The lowest BCUT2D eigenvalue weighted by molar-refractivity contribution is -0.120. The van der Waals surface area contributed by atoms with Gasteiger partial charge in [0.25, 0.3) is 5.91 Å². The first kappa shape index (κ1) is 20.8. The summed E-state index contributed by atoms with van der Waals surface area (Å²) in [5.41, 5.74) is 2.92. The molecule has 0 radical (unpaired) electrons. The lowest BCUT2D eigenvalue weighted by Gasteiger charge is -2.20. The maximum absolute atomic E-state index is 13.2. The van der Waals surface area contributed by atoms with E-state index in [2.05, 4.69) is 4.98 Å². The summed E-state index contributed by atoms with van der Waals surface area (Å²) in [5.74, 6) is 1.21. The zero-order valence-corrected chi connectivity index (χ0v) is 18.3. The Morgan fingerprint density at radius 2 is 1.81 bits per heavy atom. The van der Waals surface area contributed by atoms with Crippen LogP contribution in [-0.4, -0.2) is 29.1 Å². The molecule has 2 aromatic carbocycles. The van der Waals surface area contributed by atoms with Gasteiger partial charge in [-0.25, -0.2) is 4.98 Å². The average molecular weight is 434 g/mol. The molecule has 0 bridgehead atoms. The summed E-state index contributed by atoms with van der Waals surface area (Å²) in [5, 5.41) is 0.647. The van der Waals surface area contributed by atoms with Crippen molar-refractivity contribution in [1.29, 1.82) is 0 Å². The molecule has 0 saturated carbocycles. The van der Waals surface area contributed by atoms with Crippen LogP contribution in [0.4, 0.5) is 5.13 Å². The second-order valence-electron chi connectivity index (χ2n) is 6.95. The summed E-state index contributed by atoms with van der Waals surface area (Å²) in [4.78, 5) is 23.8. The van der Waals surface area contributed by atoms with Crippen molar-refractivity contribution in [3.63, 3.8) is 0 Å². The lowest BCUT2D eigenvalue weighted by atomic mass is 10.2. The van der Waals surface area contributed by atoms with E-state index >= 15 is 0 Å². The molecule has 4 aromatic rings. The Kier molecular flexibility index (Phi) is 6.43. The zero-order valence-electron chi connectivity index (χ0n) is 17.4. The number of thiazole rings is 1. The van der Waals surface area contributed by atoms with Crippen molar-refractivity contribution < 1.29 is 14.3 Å². The molecule has 2 aromatic heterocycles. The molecule has 158 valence electrons. The molecule has 0 unspecified atom stereocenters. The van der Waals surface area contributed by atoms with Crippen LogP contribution in [0.5, 0.6) is 11.5 Å². The van der Waals surface area contributed by atoms with E-state index in [4.69, 9.17) is 14.5 Å². The monoisotopic (exact) mass is 433 g/mol. The Labute approximate surface area is 185 Å². The fourth-order valence-corrected chi connectivity index (χ4v) is 4.21. The van der Waals surface area contributed by atoms with E-state index in [1.54, 1.807) is 29.4 Å². The van der Waals surface area contributed by atoms with Gasteiger partial charge in [0, 0.05) is 12.4 Å². The highest BCUT2D eigenvalue weighted by Crippen LogP contribution is 2.31. The number of aromatic nitrogens is 2. The molecule has 7 heteroatoms. The summed E-state index contributed by atoms with van der Waals surface area (Å²) in [6.07, 6.45) is 3.47. The molecule has 0 N–H and O–H groups in total. The number of fused-ring (bicyclic) bond motifs is 1. The van der Waals surface area contributed by atoms with E-state index in [9.17, 15) is 4.79 Å². The molecule has 0 fully saturated rings. The minimum atomic E-state index is -0.172. The largest absolute Gasteiger partial charge is 0.494 e. The fourth-order valence-electron chi connectivity index (χ4n) is 3.15. The first-order valence-corrected chi connectivity index (χ1v) is 10.9. The third-order valence-electron chi connectivity index (χ3n) is 4.70. The van der Waals surface area contributed by atoms with Crippen LogP contribution in [0.15, 0.2) is 67.0 Å². The maximum atomic E-state index is 13.2. The van der Waals surface area contributed by atoms with Crippen molar-refractivity contribution in [2.45, 2.75) is 20.4 Å². The Balaban J connectivity index is 1.55. The number of pyridine rings is 1. The quantitative estimate of drug-likeness (QED) is 0.391. The second kappa shape index (κ2) is 9.57. The molecule has 0 saturated heterocycles. The molecule has 0 aliphatic heterocycles. The van der Waals surface area contributed by atoms with Gasteiger partial charge in [-0.15, -0.1) is 0 Å². The number of ether oxygens (including phenoxy) is 2. The summed E-state index contributed by atoms with van der Waals surface area (Å²) in [6, 6.07) is 17.1. The number of benzene rings is 2. The predicted octanol–water partition coefficient (Wildman–Crippen LogP) is 5.01. The van der Waals surface area contributed by atoms with E-state index in [0.717, 1.165) is 27.1 Å². The van der Waals surface area contributed by atoms with Gasteiger partial charge in [0.15, 0.2) is 11.7 Å². The number of amides is 1. The normalized spacial score (nSPS) is 10.8. The van der Waals surface area contributed by atoms with Crippen molar-refractivity contribution in [2.75, 3.05) is 18.1 Å². The highest BCUT2D eigenvalue weighted by atomic mass is 32.1. The molecule has 6 nitrogen and oxygen atoms in total. The molecule has 0 aliphatic rings. The van der Waals surface area contributed by atoms with Crippen molar-refractivity contribution in [1.82, 2.24) is 9.97 Å². The van der Waals surface area contributed by atoms with E-state index in [1.807, 2.05) is 56.3 Å². The van der Waals surface area contributed by atoms with Crippen LogP contribution in [0.25, 0.3) is 10.2 Å². The third kappa shape index (κ3) is 5.00. The van der Waals surface area contributed by atoms with Crippen LogP contribution in [0, 0.1) is 6.92 Å². The average Bonchev–Trinajstić information content (AvgIpc) is 3.23. The standard InChI is InChI=1S/C24H23N3O3S/c1-3-29-19-9-11-20(12-10-19)30-16-22(28)27(15-18-7-5-13-25-14-18)24-26-23-17(2)6-4-8-21(23)31-24/h4-14H,3,15-16H2,1-2H3. The predicted molar refractivity (Wildman–Crippen MR) is 123 cm³/mol. The van der Waals surface area contributed by atoms with E-state index < -0.39 is 0 Å². The molecule has 0 spiro atoms. The molecule has 2 heterocycles. The van der Waals surface area contributed by atoms with Crippen LogP contribution < -0.4 is 14.4 Å². The zero-order chi connectivity index (χ0) is 21.6. The Morgan fingerprint density at radius 3 is 2.48 bits per heavy atom. The summed E-state index contributed by atoms with van der Waals surface area (Å²) in [7, 11) is 0. The van der Waals surface area contributed by atoms with Crippen LogP contribution >= 0.6 is 11.3 Å². The fraction of sp³-hybridized carbons (Fsp3) is 0.208. The number of aryl methyl sites for hydroxylation is 1. The number of hydrogen-bond donors (Lipinski definition) is 0. The molecule has 0 atom stereocenters. The molecule has 0 aliphatic carbocycles. The van der Waals surface area contributed by atoms with Crippen LogP contribution in [0.2, 0.25) is 0 Å². The first-order chi connectivity index (χ1) is 15.1. The topological polar surface area (TPSA) is 64.6 Å². The number of para-hydroxylation sites is 1. The lowest BCUT2D eigenvalue weighted by Crippen LogP contribution is -2.34. The summed E-state index contributed by atoms with van der Waals surface area (Å²) < 4.78 is 12.2. The summed E-state index contributed by atoms with van der Waals surface area (Å²) >= 11 is 1.50. The van der Waals surface area contributed by atoms with Crippen LogP contribution in [-0.2, 0) is 11.3 Å². The van der Waals surface area contributed by atoms with Crippen molar-refractivity contribution in [2.24, 2.45) is 0 Å². The van der Waals surface area contributed by atoms with Gasteiger partial charge < -0.3 is 9.47 Å². The van der Waals surface area contributed by atoms with Gasteiger partial charge in [0.1, 0.15) is 11.5 Å². The Hall–Kier alpha value is -3.45. The minimum absolute atomic E-state index is 0.0941. The molecule has 31 heavy (non-hydrogen) atoms. The van der Waals surface area contributed by atoms with Gasteiger partial charge >= 0.3 is 0 Å². The molecule has 1 amide bonds. The Morgan fingerprint density at radius 1 is 1.03 bits per heavy atom. The van der Waals surface area contributed by atoms with Gasteiger partial charge in [-0.3, -0.25) is 14.7 Å². The van der Waals surface area contributed by atoms with E-state index in [1.165, 1.54) is 11.3 Å². The van der Waals surface area contributed by atoms with Crippen molar-refractivity contribution in [3.05, 3.63) is 78.1 Å². The smallest absolute Gasteiger partial charge is 0.267 e. The molecular formula is C24H23N3O3S. The summed E-state index contributed by atoms with van der Waals surface area (Å²) in [6.45, 7) is 4.84. The minimum Gasteiger partial charge on any atom is -0.494 e.